The van der Waals surface area contributed by atoms with Crippen LogP contribution in [0.1, 0.15) is 0 Å². The Labute approximate surface area is 36.6 Å². The van der Waals surface area contributed by atoms with E-state index in [0.717, 1.165) is 0 Å². The molecule has 38 valence electrons. The second-order valence-electron chi connectivity index (χ2n) is 0.523. The Balaban J connectivity index is 3.17. The summed E-state index contributed by atoms with van der Waals surface area (Å²) >= 11 is 3.79. The van der Waals surface area contributed by atoms with Gasteiger partial charge >= 0.3 is 5.57 Å². The van der Waals surface area contributed by atoms with Gasteiger partial charge in [-0.1, -0.05) is 0 Å². The van der Waals surface area contributed by atoms with Gasteiger partial charge in [0.2, 0.25) is 0 Å². The Morgan fingerprint density at radius 3 is 1.67 bits per heavy atom. The van der Waals surface area contributed by atoms with Gasteiger partial charge in [-0.2, -0.15) is 8.78 Å². The summed E-state index contributed by atoms with van der Waals surface area (Å²) in [6.45, 7) is 0. The molecule has 0 fully saturated rings. The fraction of sp³-hybridized carbons (Fsp3) is 1.00. The van der Waals surface area contributed by atoms with Gasteiger partial charge in [0.15, 0.2) is 0 Å². The van der Waals surface area contributed by atoms with Crippen LogP contribution in [0, 0.1) is 0 Å². The lowest BCUT2D eigenvalue weighted by atomic mass is 11.5. The molecule has 0 amide bonds. The monoisotopic (exact) mass is 120 g/mol. The molecule has 0 saturated heterocycles. The summed E-state index contributed by atoms with van der Waals surface area (Å²) in [5.41, 5.74) is -4.15. The zero-order valence-electron chi connectivity index (χ0n) is 2.42. The fourth-order valence-corrected chi connectivity index (χ4v) is 0. The quantitative estimate of drug-likeness (QED) is 0.479. The average Bonchev–Trinajstić information content (AvgIpc) is 1.35. The van der Waals surface area contributed by atoms with E-state index in [1.165, 1.54) is 0 Å². The van der Waals surface area contributed by atoms with Gasteiger partial charge in [0.1, 0.15) is 0 Å². The van der Waals surface area contributed by atoms with Crippen molar-refractivity contribution in [3.05, 3.63) is 0 Å². The smallest absolute Gasteiger partial charge is 0.157 e. The molecule has 0 saturated carbocycles. The van der Waals surface area contributed by atoms with Crippen molar-refractivity contribution < 1.29 is 18.2 Å². The maximum Gasteiger partial charge on any atom is 0.470 e. The maximum atomic E-state index is 10.6. The van der Waals surface area contributed by atoms with Gasteiger partial charge < -0.3 is 0 Å². The topological polar surface area (TPSA) is 9.23 Å². The van der Waals surface area contributed by atoms with E-state index >= 15 is 0 Å². The van der Waals surface area contributed by atoms with Crippen molar-refractivity contribution in [2.24, 2.45) is 0 Å². The molecule has 0 aromatic heterocycles. The number of rotatable bonds is 1. The van der Waals surface area contributed by atoms with Gasteiger partial charge in [-0.25, -0.2) is 0 Å². The zero-order valence-corrected chi connectivity index (χ0v) is 3.18. The molecule has 0 radical (unpaired) electrons. The van der Waals surface area contributed by atoms with Crippen LogP contribution in [-0.4, -0.2) is 5.57 Å². The van der Waals surface area contributed by atoms with Crippen molar-refractivity contribution in [3.8, 4) is 0 Å². The summed E-state index contributed by atoms with van der Waals surface area (Å²) in [5.74, 6) is 0. The van der Waals surface area contributed by atoms with Gasteiger partial charge in [0, 0.05) is 0 Å². The third-order valence-electron chi connectivity index (χ3n) is 0.0875. The molecule has 0 bridgehead atoms. The Hall–Kier alpha value is 0.0400. The van der Waals surface area contributed by atoms with Crippen LogP contribution < -0.4 is 0 Å². The summed E-state index contributed by atoms with van der Waals surface area (Å²) in [5, 5.41) is 0. The van der Waals surface area contributed by atoms with E-state index in [2.05, 4.69) is 11.6 Å². The summed E-state index contributed by atoms with van der Waals surface area (Å²) in [4.78, 5) is 1.87. The summed E-state index contributed by atoms with van der Waals surface area (Å²) in [7, 11) is 0. The first-order valence-electron chi connectivity index (χ1n) is 0.925. The lowest BCUT2D eigenvalue weighted by molar-refractivity contribution is -0.305. The van der Waals surface area contributed by atoms with E-state index in [0.29, 0.717) is 0 Å². The highest BCUT2D eigenvalue weighted by molar-refractivity contribution is 6.20. The average molecular weight is 120 g/mol. The molecule has 6 heavy (non-hydrogen) atoms. The second-order valence-corrected chi connectivity index (χ2v) is 0.963. The van der Waals surface area contributed by atoms with E-state index < -0.39 is 5.57 Å². The first kappa shape index (κ1) is 6.04. The van der Waals surface area contributed by atoms with Crippen molar-refractivity contribution in [2.75, 3.05) is 0 Å². The Bertz CT molecular complexity index is 40.5. The summed E-state index contributed by atoms with van der Waals surface area (Å²) in [6.07, 6.45) is 0. The highest BCUT2D eigenvalue weighted by atomic mass is 35.5. The third kappa shape index (κ3) is 4.04. The van der Waals surface area contributed by atoms with Crippen molar-refractivity contribution in [1.29, 1.82) is 0 Å². The molecule has 0 rings (SSSR count). The molecule has 0 aliphatic heterocycles. The lowest BCUT2D eigenvalue weighted by Crippen LogP contribution is -2.03. The normalized spacial score (nSPS) is 12.0. The Kier molecular flexibility index (Phi) is 1.67. The highest BCUT2D eigenvalue weighted by Gasteiger charge is 2.26. The summed E-state index contributed by atoms with van der Waals surface area (Å²) in [6, 6.07) is 0. The minimum atomic E-state index is -4.15. The third-order valence-corrected chi connectivity index (χ3v) is 0.146. The molecule has 0 aliphatic carbocycles. The maximum absolute atomic E-state index is 10.6. The lowest BCUT2D eigenvalue weighted by Gasteiger charge is -1.94. The van der Waals surface area contributed by atoms with Gasteiger partial charge in [0.05, 0.1) is 0 Å². The number of alkyl halides is 3. The molecule has 0 unspecified atom stereocenters. The predicted molar refractivity (Wildman–Crippen MR) is 13.0 cm³/mol. The Morgan fingerprint density at radius 1 is 1.50 bits per heavy atom. The molecule has 0 spiro atoms. The molecule has 0 N–H and O–H groups in total. The van der Waals surface area contributed by atoms with E-state index in [1.54, 1.807) is 0 Å². The minimum absolute atomic E-state index is 1.87. The standard InChI is InChI=1S/CClF3O/c2-1(3,4)6-5. The largest absolute Gasteiger partial charge is 0.470 e. The molecule has 0 atom stereocenters. The van der Waals surface area contributed by atoms with Crippen molar-refractivity contribution in [3.63, 3.8) is 0 Å². The van der Waals surface area contributed by atoms with E-state index in [9.17, 15) is 13.3 Å². The van der Waals surface area contributed by atoms with Gasteiger partial charge in [-0.05, 0) is 16.1 Å². The van der Waals surface area contributed by atoms with Crippen LogP contribution in [0.5, 0.6) is 0 Å². The van der Waals surface area contributed by atoms with Crippen LogP contribution in [0.2, 0.25) is 0 Å². The first-order valence-corrected chi connectivity index (χ1v) is 1.30. The molecule has 1 nitrogen and oxygen atoms in total. The molecule has 0 aliphatic rings. The predicted octanol–water partition coefficient (Wildman–Crippen LogP) is 1.68. The Morgan fingerprint density at radius 2 is 1.67 bits per heavy atom. The second kappa shape index (κ2) is 1.66. The SMILES string of the molecule is FOC(F)(F)Cl. The van der Waals surface area contributed by atoms with E-state index in [-0.39, 0.29) is 0 Å². The number of halogens is 4. The van der Waals surface area contributed by atoms with Gasteiger partial charge in [0.25, 0.3) is 0 Å². The van der Waals surface area contributed by atoms with Gasteiger partial charge in [-0.15, -0.1) is 4.94 Å². The van der Waals surface area contributed by atoms with Crippen molar-refractivity contribution in [1.82, 2.24) is 0 Å². The number of hydrogen-bond acceptors (Lipinski definition) is 1. The van der Waals surface area contributed by atoms with E-state index in [4.69, 9.17) is 0 Å². The van der Waals surface area contributed by atoms with Crippen LogP contribution in [0.3, 0.4) is 0 Å². The fourth-order valence-electron chi connectivity index (χ4n) is 0. The summed E-state index contributed by atoms with van der Waals surface area (Å²) < 4.78 is 31.4. The van der Waals surface area contributed by atoms with Crippen LogP contribution in [0.15, 0.2) is 0 Å². The van der Waals surface area contributed by atoms with Crippen molar-refractivity contribution in [2.45, 2.75) is 5.57 Å². The van der Waals surface area contributed by atoms with Crippen LogP contribution in [0.4, 0.5) is 13.3 Å². The number of hydrogen-bond donors (Lipinski definition) is 0. The molecule has 0 heterocycles. The van der Waals surface area contributed by atoms with Crippen LogP contribution >= 0.6 is 11.6 Å². The van der Waals surface area contributed by atoms with E-state index in [1.807, 2.05) is 4.94 Å². The molecular formula is CClF3O. The molecular weight excluding hydrogens is 120 g/mol. The zero-order chi connectivity index (χ0) is 5.21. The molecule has 5 heteroatoms. The minimum Gasteiger partial charge on any atom is -0.157 e. The molecule has 0 aromatic carbocycles. The molecule has 0 aromatic rings. The van der Waals surface area contributed by atoms with Crippen molar-refractivity contribution >= 4 is 11.6 Å². The highest BCUT2D eigenvalue weighted by Crippen LogP contribution is 2.19. The first-order chi connectivity index (χ1) is 2.56. The van der Waals surface area contributed by atoms with Crippen LogP contribution in [-0.2, 0) is 4.94 Å². The van der Waals surface area contributed by atoms with Gasteiger partial charge in [-0.3, -0.25) is 0 Å². The van der Waals surface area contributed by atoms with Crippen LogP contribution in [0.25, 0.3) is 0 Å².